The Labute approximate surface area is 48.0 Å². The summed E-state index contributed by atoms with van der Waals surface area (Å²) in [6.07, 6.45) is 0. The normalized spacial score (nSPS) is 10.7. The van der Waals surface area contributed by atoms with E-state index in [0.29, 0.717) is 0 Å². The molecule has 0 aliphatic rings. The van der Waals surface area contributed by atoms with E-state index in [1.54, 1.807) is 0 Å². The number of quaternary nitrogens is 1. The molecule has 0 atom stereocenters. The van der Waals surface area contributed by atoms with Crippen LogP contribution in [0.25, 0.3) is 0 Å². The molecule has 0 bridgehead atoms. The molecule has 0 aromatic carbocycles. The highest BCUT2D eigenvalue weighted by molar-refractivity contribution is 5.97. The first kappa shape index (κ1) is 7.14. The van der Waals surface area contributed by atoms with E-state index in [2.05, 4.69) is 14.1 Å². The van der Waals surface area contributed by atoms with Crippen LogP contribution in [-0.4, -0.2) is 37.7 Å². The zero-order valence-corrected chi connectivity index (χ0v) is 7.32. The van der Waals surface area contributed by atoms with Crippen molar-refractivity contribution in [3.05, 3.63) is 0 Å². The largest absolute Gasteiger partial charge is 0.422 e. The summed E-state index contributed by atoms with van der Waals surface area (Å²) in [7, 11) is 5.13. The molecule has 44 valence electrons. The minimum absolute atomic E-state index is 0.881. The maximum atomic E-state index is 4.97. The lowest BCUT2D eigenvalue weighted by atomic mass is 10.6. The SMILES string of the molecule is C[NH+](C)CCO[SiH3]. The van der Waals surface area contributed by atoms with E-state index in [9.17, 15) is 0 Å². The van der Waals surface area contributed by atoms with E-state index in [1.165, 1.54) is 4.90 Å². The molecule has 1 N–H and O–H groups in total. The topological polar surface area (TPSA) is 13.7 Å². The smallest absolute Gasteiger partial charge is 0.146 e. The fourth-order valence-electron chi connectivity index (χ4n) is 0.306. The molecule has 0 aromatic heterocycles. The fraction of sp³-hybridized carbons (Fsp3) is 1.00. The maximum Gasteiger partial charge on any atom is 0.146 e. The molecular formula is C4H14NOSi+. The van der Waals surface area contributed by atoms with E-state index in [0.717, 1.165) is 23.6 Å². The van der Waals surface area contributed by atoms with Gasteiger partial charge in [-0.2, -0.15) is 0 Å². The van der Waals surface area contributed by atoms with E-state index < -0.39 is 0 Å². The third-order valence-corrected chi connectivity index (χ3v) is 1.21. The highest BCUT2D eigenvalue weighted by Crippen LogP contribution is 1.52. The molecule has 7 heavy (non-hydrogen) atoms. The molecule has 0 aliphatic carbocycles. The van der Waals surface area contributed by atoms with Gasteiger partial charge >= 0.3 is 0 Å². The number of nitrogens with one attached hydrogen (secondary N) is 1. The summed E-state index contributed by atoms with van der Waals surface area (Å²) in [5.41, 5.74) is 0. The number of rotatable bonds is 3. The average molecular weight is 120 g/mol. The molecule has 0 spiro atoms. The van der Waals surface area contributed by atoms with Crippen molar-refractivity contribution < 1.29 is 9.33 Å². The first-order valence-electron chi connectivity index (χ1n) is 2.55. The van der Waals surface area contributed by atoms with Gasteiger partial charge in [0.2, 0.25) is 0 Å². The van der Waals surface area contributed by atoms with E-state index >= 15 is 0 Å². The van der Waals surface area contributed by atoms with Crippen LogP contribution in [0.15, 0.2) is 0 Å². The van der Waals surface area contributed by atoms with Gasteiger partial charge < -0.3 is 9.33 Å². The van der Waals surface area contributed by atoms with Crippen LogP contribution < -0.4 is 4.90 Å². The van der Waals surface area contributed by atoms with Crippen LogP contribution in [0.2, 0.25) is 0 Å². The predicted molar refractivity (Wildman–Crippen MR) is 33.6 cm³/mol. The predicted octanol–water partition coefficient (Wildman–Crippen LogP) is -2.57. The molecule has 0 radical (unpaired) electrons. The molecule has 2 nitrogen and oxygen atoms in total. The van der Waals surface area contributed by atoms with Gasteiger partial charge in [0, 0.05) is 0 Å². The monoisotopic (exact) mass is 120 g/mol. The van der Waals surface area contributed by atoms with Gasteiger partial charge in [-0.05, 0) is 0 Å². The van der Waals surface area contributed by atoms with Crippen molar-refractivity contribution >= 4 is 10.5 Å². The second-order valence-corrected chi connectivity index (χ2v) is 2.53. The van der Waals surface area contributed by atoms with Gasteiger partial charge in [-0.1, -0.05) is 0 Å². The van der Waals surface area contributed by atoms with Crippen LogP contribution in [0.1, 0.15) is 0 Å². The van der Waals surface area contributed by atoms with E-state index in [1.807, 2.05) is 0 Å². The molecule has 0 fully saturated rings. The number of hydrogen-bond donors (Lipinski definition) is 1. The molecule has 0 unspecified atom stereocenters. The second kappa shape index (κ2) is 4.30. The molecule has 0 amide bonds. The second-order valence-electron chi connectivity index (χ2n) is 1.95. The van der Waals surface area contributed by atoms with Crippen LogP contribution in [0, 0.1) is 0 Å². The highest BCUT2D eigenvalue weighted by atomic mass is 28.2. The van der Waals surface area contributed by atoms with Crippen LogP contribution in [0.4, 0.5) is 0 Å². The van der Waals surface area contributed by atoms with Gasteiger partial charge in [0.15, 0.2) is 0 Å². The van der Waals surface area contributed by atoms with Crippen molar-refractivity contribution in [2.24, 2.45) is 0 Å². The summed E-state index contributed by atoms with van der Waals surface area (Å²) in [6.45, 7) is 2.05. The molecule has 3 heteroatoms. The Kier molecular flexibility index (Phi) is 4.38. The number of hydrogen-bond acceptors (Lipinski definition) is 1. The van der Waals surface area contributed by atoms with Crippen molar-refractivity contribution in [2.75, 3.05) is 27.2 Å². The summed E-state index contributed by atoms with van der Waals surface area (Å²) in [4.78, 5) is 1.45. The van der Waals surface area contributed by atoms with Crippen LogP contribution in [-0.2, 0) is 4.43 Å². The summed E-state index contributed by atoms with van der Waals surface area (Å²) in [6, 6.07) is 0. The van der Waals surface area contributed by atoms with Crippen molar-refractivity contribution in [2.45, 2.75) is 0 Å². The Morgan fingerprint density at radius 3 is 2.29 bits per heavy atom. The third kappa shape index (κ3) is 6.14. The van der Waals surface area contributed by atoms with E-state index in [4.69, 9.17) is 4.43 Å². The Bertz CT molecular complexity index is 40.7. The maximum absolute atomic E-state index is 4.97. The first-order chi connectivity index (χ1) is 3.27. The average Bonchev–Trinajstić information content (AvgIpc) is 1.61. The van der Waals surface area contributed by atoms with Gasteiger partial charge in [0.25, 0.3) is 0 Å². The molecule has 0 saturated heterocycles. The van der Waals surface area contributed by atoms with Crippen molar-refractivity contribution in [3.8, 4) is 0 Å². The Balaban J connectivity index is 2.68. The van der Waals surface area contributed by atoms with Crippen LogP contribution in [0.5, 0.6) is 0 Å². The number of likely N-dealkylation sites (N-methyl/N-ethyl adjacent to an activating group) is 1. The van der Waals surface area contributed by atoms with Gasteiger partial charge in [0.05, 0.1) is 27.2 Å². The minimum atomic E-state index is 0.881. The summed E-state index contributed by atoms with van der Waals surface area (Å²) < 4.78 is 4.97. The highest BCUT2D eigenvalue weighted by Gasteiger charge is 1.86. The Morgan fingerprint density at radius 1 is 1.57 bits per heavy atom. The zero-order chi connectivity index (χ0) is 5.70. The Hall–Kier alpha value is 0.137. The summed E-state index contributed by atoms with van der Waals surface area (Å²) in [5.74, 6) is 0. The van der Waals surface area contributed by atoms with Gasteiger partial charge in [-0.15, -0.1) is 0 Å². The lowest BCUT2D eigenvalue weighted by molar-refractivity contribution is -0.858. The van der Waals surface area contributed by atoms with Gasteiger partial charge in [-0.3, -0.25) is 0 Å². The molecule has 0 aromatic rings. The quantitative estimate of drug-likeness (QED) is 0.404. The van der Waals surface area contributed by atoms with Crippen molar-refractivity contribution in [1.29, 1.82) is 0 Å². The van der Waals surface area contributed by atoms with Crippen molar-refractivity contribution in [3.63, 3.8) is 0 Å². The lowest BCUT2D eigenvalue weighted by Gasteiger charge is -2.04. The first-order valence-corrected chi connectivity index (χ1v) is 3.37. The molecule has 0 heterocycles. The molecule has 0 aliphatic heterocycles. The minimum Gasteiger partial charge on any atom is -0.422 e. The van der Waals surface area contributed by atoms with Crippen LogP contribution >= 0.6 is 0 Å². The third-order valence-electron chi connectivity index (χ3n) is 0.806. The fourth-order valence-corrected chi connectivity index (χ4v) is 0.510. The molecule has 0 saturated carbocycles. The lowest BCUT2D eigenvalue weighted by Crippen LogP contribution is -3.06. The summed E-state index contributed by atoms with van der Waals surface area (Å²) in [5, 5.41) is 0. The Morgan fingerprint density at radius 2 is 2.14 bits per heavy atom. The van der Waals surface area contributed by atoms with Crippen LogP contribution in [0.3, 0.4) is 0 Å². The summed E-state index contributed by atoms with van der Waals surface area (Å²) >= 11 is 0. The van der Waals surface area contributed by atoms with E-state index in [-0.39, 0.29) is 0 Å². The van der Waals surface area contributed by atoms with Crippen molar-refractivity contribution in [1.82, 2.24) is 0 Å². The van der Waals surface area contributed by atoms with Gasteiger partial charge in [-0.25, -0.2) is 0 Å². The zero-order valence-electron chi connectivity index (χ0n) is 5.32. The molecule has 0 rings (SSSR count). The standard InChI is InChI=1S/C4H13NOSi/c1-5(2)3-4-6-7/h3-4H2,1-2,7H3/p+1. The van der Waals surface area contributed by atoms with Gasteiger partial charge in [0.1, 0.15) is 10.5 Å². The molecular weight excluding hydrogens is 106 g/mol.